The molecule has 3 aliphatic carbocycles. The molecule has 2 saturated carbocycles. The topological polar surface area (TPSA) is 39.2 Å². The minimum Gasteiger partial charge on any atom is -0.426 e. The molecule has 0 radical (unpaired) electrons. The van der Waals surface area contributed by atoms with Crippen LogP contribution in [0.1, 0.15) is 36.4 Å². The molecule has 3 nitrogen and oxygen atoms in total. The number of nitrogens with zero attached hydrogens (tertiary/aromatic N) is 1. The van der Waals surface area contributed by atoms with E-state index in [2.05, 4.69) is 4.98 Å². The van der Waals surface area contributed by atoms with Crippen LogP contribution in [0.4, 0.5) is 0 Å². The highest BCUT2D eigenvalue weighted by Crippen LogP contribution is 2.88. The molecule has 0 amide bonds. The molecule has 0 N–H and O–H groups in total. The van der Waals surface area contributed by atoms with E-state index in [1.165, 1.54) is 6.92 Å². The maximum Gasteiger partial charge on any atom is 0.308 e. The molecule has 1 aromatic heterocycles. The molecule has 0 saturated heterocycles. The average molecular weight is 319 g/mol. The van der Waals surface area contributed by atoms with Gasteiger partial charge in [0, 0.05) is 35.9 Å². The van der Waals surface area contributed by atoms with Gasteiger partial charge in [0.05, 0.1) is 11.1 Å². The molecule has 2 fully saturated rings. The predicted octanol–water partition coefficient (Wildman–Crippen LogP) is 3.37. The van der Waals surface area contributed by atoms with Crippen molar-refractivity contribution < 1.29 is 9.53 Å². The Hall–Kier alpha value is -0.510. The Morgan fingerprint density at radius 1 is 1.53 bits per heavy atom. The van der Waals surface area contributed by atoms with E-state index >= 15 is 0 Å². The fourth-order valence-corrected chi connectivity index (χ4v) is 5.83. The predicted molar refractivity (Wildman–Crippen MR) is 72.2 cm³/mol. The molecule has 0 unspecified atom stereocenters. The summed E-state index contributed by atoms with van der Waals surface area (Å²) in [6.45, 7) is 1.39. The van der Waals surface area contributed by atoms with Gasteiger partial charge in [-0.15, -0.1) is 34.8 Å². The van der Waals surface area contributed by atoms with Gasteiger partial charge in [-0.05, 0) is 12.5 Å². The molecule has 0 bridgehead atoms. The third-order valence-electron chi connectivity index (χ3n) is 4.70. The molecule has 1 heterocycles. The van der Waals surface area contributed by atoms with Crippen LogP contribution in [0.25, 0.3) is 0 Å². The van der Waals surface area contributed by atoms with Crippen LogP contribution in [0.2, 0.25) is 0 Å². The number of carbonyl (C=O) groups excluding carboxylic acids is 1. The second kappa shape index (κ2) is 3.38. The van der Waals surface area contributed by atoms with Gasteiger partial charge in [-0.3, -0.25) is 9.78 Å². The van der Waals surface area contributed by atoms with Gasteiger partial charge in [0.25, 0.3) is 0 Å². The van der Waals surface area contributed by atoms with Crippen LogP contribution < -0.4 is 4.74 Å². The molecule has 100 valence electrons. The van der Waals surface area contributed by atoms with Gasteiger partial charge >= 0.3 is 5.97 Å². The summed E-state index contributed by atoms with van der Waals surface area (Å²) in [7, 11) is 0. The lowest BCUT2D eigenvalue weighted by Crippen LogP contribution is -2.47. The number of alkyl halides is 3. The zero-order chi connectivity index (χ0) is 13.6. The summed E-state index contributed by atoms with van der Waals surface area (Å²) in [6.07, 6.45) is 2.27. The molecule has 3 aliphatic rings. The number of hydrogen-bond donors (Lipinski definition) is 0. The number of esters is 1. The van der Waals surface area contributed by atoms with Crippen LogP contribution in [-0.4, -0.2) is 20.7 Å². The SMILES string of the molecule is CC(=O)Oc1ccnc2c1[C@H]1CC(Cl)(Cl)[C@]13[C@H](Cl)[C@H]23. The first-order chi connectivity index (χ1) is 8.91. The van der Waals surface area contributed by atoms with Gasteiger partial charge in [0.15, 0.2) is 0 Å². The van der Waals surface area contributed by atoms with Crippen molar-refractivity contribution in [3.8, 4) is 5.75 Å². The van der Waals surface area contributed by atoms with Crippen molar-refractivity contribution in [2.75, 3.05) is 0 Å². The minimum atomic E-state index is -0.803. The molecule has 0 aliphatic heterocycles. The molecular weight excluding hydrogens is 309 g/mol. The highest BCUT2D eigenvalue weighted by molar-refractivity contribution is 6.51. The van der Waals surface area contributed by atoms with Crippen molar-refractivity contribution in [3.05, 3.63) is 23.5 Å². The molecule has 4 atom stereocenters. The van der Waals surface area contributed by atoms with Crippen LogP contribution in [0.3, 0.4) is 0 Å². The number of aromatic nitrogens is 1. The maximum atomic E-state index is 11.2. The summed E-state index contributed by atoms with van der Waals surface area (Å²) in [4.78, 5) is 15.6. The largest absolute Gasteiger partial charge is 0.426 e. The molecule has 1 aromatic rings. The highest BCUT2D eigenvalue weighted by atomic mass is 35.5. The lowest BCUT2D eigenvalue weighted by Gasteiger charge is -2.47. The van der Waals surface area contributed by atoms with E-state index in [0.717, 1.165) is 11.3 Å². The fourth-order valence-electron chi connectivity index (χ4n) is 3.95. The van der Waals surface area contributed by atoms with Crippen LogP contribution in [0.15, 0.2) is 12.3 Å². The van der Waals surface area contributed by atoms with E-state index in [-0.39, 0.29) is 28.6 Å². The normalized spacial score (nSPS) is 39.7. The first kappa shape index (κ1) is 12.2. The number of pyridine rings is 1. The first-order valence-corrected chi connectivity index (χ1v) is 7.29. The van der Waals surface area contributed by atoms with Crippen LogP contribution >= 0.6 is 34.8 Å². The Labute approximate surface area is 125 Å². The zero-order valence-electron chi connectivity index (χ0n) is 9.99. The van der Waals surface area contributed by atoms with Crippen molar-refractivity contribution in [3.63, 3.8) is 0 Å². The number of carbonyl (C=O) groups is 1. The summed E-state index contributed by atoms with van der Waals surface area (Å²) in [5.74, 6) is 0.455. The Bertz CT molecular complexity index is 618. The van der Waals surface area contributed by atoms with E-state index in [1.54, 1.807) is 12.3 Å². The van der Waals surface area contributed by atoms with Crippen LogP contribution in [0.5, 0.6) is 5.75 Å². The number of fused-ring (bicyclic) bond motifs is 3. The van der Waals surface area contributed by atoms with E-state index in [9.17, 15) is 4.79 Å². The summed E-state index contributed by atoms with van der Waals surface area (Å²) < 4.78 is 4.47. The number of hydrogen-bond acceptors (Lipinski definition) is 3. The molecule has 19 heavy (non-hydrogen) atoms. The van der Waals surface area contributed by atoms with E-state index < -0.39 is 4.33 Å². The van der Waals surface area contributed by atoms with Gasteiger partial charge in [0.1, 0.15) is 10.1 Å². The Morgan fingerprint density at radius 3 is 2.89 bits per heavy atom. The Kier molecular flexibility index (Phi) is 2.18. The number of ether oxygens (including phenoxy) is 1. The van der Waals surface area contributed by atoms with Gasteiger partial charge in [0.2, 0.25) is 0 Å². The van der Waals surface area contributed by atoms with Crippen molar-refractivity contribution in [1.82, 2.24) is 4.98 Å². The fraction of sp³-hybridized carbons (Fsp3) is 0.538. The van der Waals surface area contributed by atoms with E-state index in [4.69, 9.17) is 39.5 Å². The second-order valence-electron chi connectivity index (χ2n) is 5.48. The van der Waals surface area contributed by atoms with Crippen LogP contribution in [0, 0.1) is 5.41 Å². The summed E-state index contributed by atoms with van der Waals surface area (Å²) in [5, 5.41) is -0.0752. The lowest BCUT2D eigenvalue weighted by molar-refractivity contribution is -0.131. The third-order valence-corrected chi connectivity index (χ3v) is 6.28. The van der Waals surface area contributed by atoms with Crippen molar-refractivity contribution >= 4 is 40.8 Å². The summed E-state index contributed by atoms with van der Waals surface area (Å²) in [5.41, 5.74) is 1.55. The molecule has 4 rings (SSSR count). The summed E-state index contributed by atoms with van der Waals surface area (Å²) >= 11 is 19.1. The smallest absolute Gasteiger partial charge is 0.308 e. The monoisotopic (exact) mass is 317 g/mol. The molecule has 0 aromatic carbocycles. The number of rotatable bonds is 1. The van der Waals surface area contributed by atoms with Gasteiger partial charge in [-0.2, -0.15) is 0 Å². The van der Waals surface area contributed by atoms with Crippen molar-refractivity contribution in [2.24, 2.45) is 5.41 Å². The maximum absolute atomic E-state index is 11.2. The highest BCUT2D eigenvalue weighted by Gasteiger charge is 2.87. The van der Waals surface area contributed by atoms with Gasteiger partial charge in [-0.1, -0.05) is 0 Å². The number of halogens is 3. The lowest BCUT2D eigenvalue weighted by atomic mass is 9.68. The van der Waals surface area contributed by atoms with Gasteiger partial charge in [-0.25, -0.2) is 0 Å². The Balaban J connectivity index is 1.85. The van der Waals surface area contributed by atoms with Crippen molar-refractivity contribution in [1.29, 1.82) is 0 Å². The van der Waals surface area contributed by atoms with Crippen LogP contribution in [-0.2, 0) is 4.79 Å². The molecular formula is C13H10Cl3NO2. The third kappa shape index (κ3) is 1.19. The zero-order valence-corrected chi connectivity index (χ0v) is 12.3. The quantitative estimate of drug-likeness (QED) is 0.588. The summed E-state index contributed by atoms with van der Waals surface area (Å²) in [6, 6.07) is 1.71. The Morgan fingerprint density at radius 2 is 2.26 bits per heavy atom. The average Bonchev–Trinajstić information content (AvgIpc) is 2.86. The van der Waals surface area contributed by atoms with E-state index in [0.29, 0.717) is 12.2 Å². The second-order valence-corrected chi connectivity index (χ2v) is 7.43. The molecule has 6 heteroatoms. The van der Waals surface area contributed by atoms with E-state index in [1.807, 2.05) is 0 Å². The standard InChI is InChI=1S/C13H10Cl3NO2/c1-5(18)19-7-2-3-17-10-8(7)6-4-12(15,16)13(6)9(10)11(13)14/h2-3,6,9,11H,4H2,1H3/t6-,9+,11-,13-/m1/s1. The first-order valence-electron chi connectivity index (χ1n) is 6.10. The van der Waals surface area contributed by atoms with Gasteiger partial charge < -0.3 is 4.74 Å². The van der Waals surface area contributed by atoms with Crippen molar-refractivity contribution in [2.45, 2.75) is 34.9 Å². The minimum absolute atomic E-state index is 0.0752. The molecule has 1 spiro atoms.